The number of nitrogens with one attached hydrogen (secondary N) is 1. The predicted octanol–water partition coefficient (Wildman–Crippen LogP) is 1.98. The standard InChI is InChI=1S/C14H17NO4/c1-2-18-12-7-5-11(6-8-12)15-13(16)9-19-14(17)10-3-4-10/h5-8,10H,2-4,9H2,1H3,(H,15,16). The second-order valence-corrected chi connectivity index (χ2v) is 4.39. The van der Waals surface area contributed by atoms with Crippen LogP contribution in [0.15, 0.2) is 24.3 Å². The van der Waals surface area contributed by atoms with Crippen molar-refractivity contribution in [2.24, 2.45) is 5.92 Å². The number of amides is 1. The number of hydrogen-bond donors (Lipinski definition) is 1. The maximum atomic E-state index is 11.6. The van der Waals surface area contributed by atoms with Gasteiger partial charge in [0.25, 0.3) is 5.91 Å². The molecule has 102 valence electrons. The van der Waals surface area contributed by atoms with Gasteiger partial charge in [-0.3, -0.25) is 9.59 Å². The van der Waals surface area contributed by atoms with Gasteiger partial charge in [0.1, 0.15) is 5.75 Å². The summed E-state index contributed by atoms with van der Waals surface area (Å²) in [5, 5.41) is 2.65. The number of benzene rings is 1. The van der Waals surface area contributed by atoms with Crippen molar-refractivity contribution in [1.82, 2.24) is 0 Å². The fourth-order valence-corrected chi connectivity index (χ4v) is 1.57. The zero-order valence-corrected chi connectivity index (χ0v) is 10.8. The number of carbonyl (C=O) groups is 2. The molecule has 2 rings (SSSR count). The van der Waals surface area contributed by atoms with E-state index in [4.69, 9.17) is 9.47 Å². The van der Waals surface area contributed by atoms with Crippen LogP contribution in [-0.4, -0.2) is 25.1 Å². The van der Waals surface area contributed by atoms with Crippen molar-refractivity contribution in [3.63, 3.8) is 0 Å². The van der Waals surface area contributed by atoms with Gasteiger partial charge in [0.2, 0.25) is 0 Å². The molecule has 1 saturated carbocycles. The molecule has 1 aromatic rings. The number of ether oxygens (including phenoxy) is 2. The van der Waals surface area contributed by atoms with Gasteiger partial charge in [0.15, 0.2) is 6.61 Å². The average molecular weight is 263 g/mol. The summed E-state index contributed by atoms with van der Waals surface area (Å²) in [5.74, 6) is 0.152. The van der Waals surface area contributed by atoms with Crippen LogP contribution in [0.3, 0.4) is 0 Å². The van der Waals surface area contributed by atoms with Gasteiger partial charge in [-0.15, -0.1) is 0 Å². The van der Waals surface area contributed by atoms with Gasteiger partial charge in [0.05, 0.1) is 12.5 Å². The Kier molecular flexibility index (Phi) is 4.39. The number of esters is 1. The summed E-state index contributed by atoms with van der Waals surface area (Å²) in [6.45, 7) is 2.27. The lowest BCUT2D eigenvalue weighted by Gasteiger charge is -2.07. The minimum absolute atomic E-state index is 0.0123. The van der Waals surface area contributed by atoms with Crippen molar-refractivity contribution >= 4 is 17.6 Å². The Morgan fingerprint density at radius 1 is 1.26 bits per heavy atom. The van der Waals surface area contributed by atoms with Crippen molar-refractivity contribution < 1.29 is 19.1 Å². The fraction of sp³-hybridized carbons (Fsp3) is 0.429. The van der Waals surface area contributed by atoms with Gasteiger partial charge in [-0.1, -0.05) is 0 Å². The van der Waals surface area contributed by atoms with E-state index < -0.39 is 0 Å². The van der Waals surface area contributed by atoms with E-state index in [1.165, 1.54) is 0 Å². The largest absolute Gasteiger partial charge is 0.494 e. The average Bonchev–Trinajstić information content (AvgIpc) is 3.23. The minimum Gasteiger partial charge on any atom is -0.494 e. The maximum Gasteiger partial charge on any atom is 0.309 e. The van der Waals surface area contributed by atoms with Crippen LogP contribution in [0, 0.1) is 5.92 Å². The quantitative estimate of drug-likeness (QED) is 0.797. The third kappa shape index (κ3) is 4.28. The zero-order valence-electron chi connectivity index (χ0n) is 10.8. The molecule has 1 aliphatic carbocycles. The normalized spacial score (nSPS) is 13.7. The third-order valence-electron chi connectivity index (χ3n) is 2.71. The maximum absolute atomic E-state index is 11.6. The summed E-state index contributed by atoms with van der Waals surface area (Å²) >= 11 is 0. The first-order chi connectivity index (χ1) is 9.19. The van der Waals surface area contributed by atoms with E-state index in [1.54, 1.807) is 24.3 Å². The molecule has 5 heteroatoms. The van der Waals surface area contributed by atoms with Gasteiger partial charge >= 0.3 is 5.97 Å². The number of carbonyl (C=O) groups excluding carboxylic acids is 2. The molecule has 0 heterocycles. The van der Waals surface area contributed by atoms with Crippen LogP contribution in [0.2, 0.25) is 0 Å². The summed E-state index contributed by atoms with van der Waals surface area (Å²) in [6, 6.07) is 7.03. The highest BCUT2D eigenvalue weighted by atomic mass is 16.5. The Morgan fingerprint density at radius 2 is 1.95 bits per heavy atom. The van der Waals surface area contributed by atoms with Crippen LogP contribution in [-0.2, 0) is 14.3 Å². The molecule has 0 spiro atoms. The smallest absolute Gasteiger partial charge is 0.309 e. The van der Waals surface area contributed by atoms with Crippen molar-refractivity contribution in [2.45, 2.75) is 19.8 Å². The first kappa shape index (κ1) is 13.4. The number of rotatable bonds is 6. The summed E-state index contributed by atoms with van der Waals surface area (Å²) in [4.78, 5) is 22.8. The van der Waals surface area contributed by atoms with Crippen molar-refractivity contribution in [3.8, 4) is 5.75 Å². The van der Waals surface area contributed by atoms with Gasteiger partial charge in [-0.2, -0.15) is 0 Å². The molecule has 1 amide bonds. The van der Waals surface area contributed by atoms with E-state index in [9.17, 15) is 9.59 Å². The van der Waals surface area contributed by atoms with Crippen LogP contribution >= 0.6 is 0 Å². The van der Waals surface area contributed by atoms with Crippen LogP contribution in [0.1, 0.15) is 19.8 Å². The van der Waals surface area contributed by atoms with Crippen LogP contribution < -0.4 is 10.1 Å². The molecule has 19 heavy (non-hydrogen) atoms. The molecular formula is C14H17NO4. The minimum atomic E-state index is -0.335. The topological polar surface area (TPSA) is 64.6 Å². The Hall–Kier alpha value is -2.04. The highest BCUT2D eigenvalue weighted by Crippen LogP contribution is 2.29. The lowest BCUT2D eigenvalue weighted by atomic mass is 10.3. The second-order valence-electron chi connectivity index (χ2n) is 4.39. The molecule has 1 N–H and O–H groups in total. The Labute approximate surface area is 111 Å². The molecule has 0 aliphatic heterocycles. The summed E-state index contributed by atoms with van der Waals surface area (Å²) in [7, 11) is 0. The molecule has 1 fully saturated rings. The second kappa shape index (κ2) is 6.22. The molecule has 0 bridgehead atoms. The molecule has 1 aliphatic rings. The summed E-state index contributed by atoms with van der Waals surface area (Å²) in [5.41, 5.74) is 0.649. The van der Waals surface area contributed by atoms with E-state index in [0.29, 0.717) is 12.3 Å². The highest BCUT2D eigenvalue weighted by molar-refractivity contribution is 5.93. The monoisotopic (exact) mass is 263 g/mol. The Balaban J connectivity index is 1.76. The van der Waals surface area contributed by atoms with Gasteiger partial charge < -0.3 is 14.8 Å². The van der Waals surface area contributed by atoms with Crippen LogP contribution in [0.5, 0.6) is 5.75 Å². The molecular weight excluding hydrogens is 246 g/mol. The first-order valence-corrected chi connectivity index (χ1v) is 6.38. The van der Waals surface area contributed by atoms with E-state index in [1.807, 2.05) is 6.92 Å². The number of anilines is 1. The van der Waals surface area contributed by atoms with E-state index in [-0.39, 0.29) is 24.4 Å². The zero-order chi connectivity index (χ0) is 13.7. The van der Waals surface area contributed by atoms with E-state index in [0.717, 1.165) is 18.6 Å². The molecule has 0 radical (unpaired) electrons. The molecule has 0 unspecified atom stereocenters. The van der Waals surface area contributed by atoms with Gasteiger partial charge in [-0.25, -0.2) is 0 Å². The SMILES string of the molecule is CCOc1ccc(NC(=O)COC(=O)C2CC2)cc1. The summed E-state index contributed by atoms with van der Waals surface area (Å²) < 4.78 is 10.2. The highest BCUT2D eigenvalue weighted by Gasteiger charge is 2.31. The molecule has 0 atom stereocenters. The predicted molar refractivity (Wildman–Crippen MR) is 69.9 cm³/mol. The van der Waals surface area contributed by atoms with Crippen molar-refractivity contribution in [1.29, 1.82) is 0 Å². The Morgan fingerprint density at radius 3 is 2.53 bits per heavy atom. The van der Waals surface area contributed by atoms with E-state index in [2.05, 4.69) is 5.32 Å². The van der Waals surface area contributed by atoms with Crippen molar-refractivity contribution in [2.75, 3.05) is 18.5 Å². The molecule has 0 aromatic heterocycles. The molecule has 1 aromatic carbocycles. The van der Waals surface area contributed by atoms with Gasteiger partial charge in [-0.05, 0) is 44.0 Å². The van der Waals surface area contributed by atoms with Crippen molar-refractivity contribution in [3.05, 3.63) is 24.3 Å². The molecule has 0 saturated heterocycles. The lowest BCUT2D eigenvalue weighted by Crippen LogP contribution is -2.21. The Bertz CT molecular complexity index is 451. The number of hydrogen-bond acceptors (Lipinski definition) is 4. The van der Waals surface area contributed by atoms with Crippen LogP contribution in [0.4, 0.5) is 5.69 Å². The third-order valence-corrected chi connectivity index (χ3v) is 2.71. The molecule has 5 nitrogen and oxygen atoms in total. The van der Waals surface area contributed by atoms with Crippen LogP contribution in [0.25, 0.3) is 0 Å². The fourth-order valence-electron chi connectivity index (χ4n) is 1.57. The first-order valence-electron chi connectivity index (χ1n) is 6.38. The summed E-state index contributed by atoms with van der Waals surface area (Å²) in [6.07, 6.45) is 1.75. The van der Waals surface area contributed by atoms with E-state index >= 15 is 0 Å². The lowest BCUT2D eigenvalue weighted by molar-refractivity contribution is -0.148. The van der Waals surface area contributed by atoms with Gasteiger partial charge in [0, 0.05) is 5.69 Å².